The quantitative estimate of drug-likeness (QED) is 0.914. The van der Waals surface area contributed by atoms with Gasteiger partial charge in [0, 0.05) is 10.0 Å². The first-order chi connectivity index (χ1) is 8.59. The van der Waals surface area contributed by atoms with E-state index in [1.54, 1.807) is 6.07 Å². The van der Waals surface area contributed by atoms with E-state index in [0.29, 0.717) is 11.4 Å². The number of hydrogen-bond acceptors (Lipinski definition) is 3. The largest absolute Gasteiger partial charge is 0.342 e. The Balaban J connectivity index is 2.15. The van der Waals surface area contributed by atoms with Gasteiger partial charge in [0.2, 0.25) is 0 Å². The van der Waals surface area contributed by atoms with Gasteiger partial charge in [-0.1, -0.05) is 22.0 Å². The second-order valence-corrected chi connectivity index (χ2v) is 4.83. The molecule has 0 aliphatic heterocycles. The maximum atomic E-state index is 12.1. The lowest BCUT2D eigenvalue weighted by Gasteiger charge is -2.13. The third kappa shape index (κ3) is 2.59. The van der Waals surface area contributed by atoms with Crippen molar-refractivity contribution in [2.75, 3.05) is 0 Å². The third-order valence-electron chi connectivity index (χ3n) is 2.70. The van der Waals surface area contributed by atoms with Gasteiger partial charge >= 0.3 is 0 Å². The molecule has 1 unspecified atom stereocenters. The van der Waals surface area contributed by atoms with Crippen LogP contribution in [0.1, 0.15) is 34.7 Å². The Morgan fingerprint density at radius 1 is 1.50 bits per heavy atom. The Morgan fingerprint density at radius 3 is 2.94 bits per heavy atom. The number of nitrogens with zero attached hydrogens (tertiary/aromatic N) is 2. The highest BCUT2D eigenvalue weighted by Crippen LogP contribution is 2.20. The molecule has 0 aliphatic carbocycles. The van der Waals surface area contributed by atoms with Crippen molar-refractivity contribution in [3.05, 3.63) is 46.0 Å². The van der Waals surface area contributed by atoms with Crippen LogP contribution in [0.3, 0.4) is 0 Å². The van der Waals surface area contributed by atoms with Crippen LogP contribution in [0.5, 0.6) is 0 Å². The van der Waals surface area contributed by atoms with E-state index < -0.39 is 0 Å². The Morgan fingerprint density at radius 2 is 2.28 bits per heavy atom. The average molecular weight is 309 g/mol. The monoisotopic (exact) mass is 308 g/mol. The predicted octanol–water partition coefficient (Wildman–Crippen LogP) is 2.37. The smallest absolute Gasteiger partial charge is 0.252 e. The molecule has 2 rings (SSSR count). The first-order valence-electron chi connectivity index (χ1n) is 5.51. The lowest BCUT2D eigenvalue weighted by molar-refractivity contribution is 0.0937. The third-order valence-corrected chi connectivity index (χ3v) is 3.56. The number of halogens is 1. The fraction of sp³-hybridized carbons (Fsp3) is 0.250. The zero-order chi connectivity index (χ0) is 13.1. The van der Waals surface area contributed by atoms with Crippen molar-refractivity contribution >= 4 is 21.8 Å². The van der Waals surface area contributed by atoms with E-state index in [1.807, 2.05) is 26.0 Å². The number of benzene rings is 1. The summed E-state index contributed by atoms with van der Waals surface area (Å²) in [5.74, 6) is 0.508. The van der Waals surface area contributed by atoms with Gasteiger partial charge < -0.3 is 5.32 Å². The standard InChI is InChI=1S/C12H13BrN4O/c1-7-9(4-3-5-10(7)13)12(18)16-8(2)11-14-6-15-17-11/h3-6,8H,1-2H3,(H,16,18)(H,14,15,17). The van der Waals surface area contributed by atoms with Crippen LogP contribution in [0.4, 0.5) is 0 Å². The molecule has 0 saturated carbocycles. The van der Waals surface area contributed by atoms with Crippen LogP contribution < -0.4 is 5.32 Å². The fourth-order valence-corrected chi connectivity index (χ4v) is 1.99. The summed E-state index contributed by atoms with van der Waals surface area (Å²) in [5.41, 5.74) is 1.57. The lowest BCUT2D eigenvalue weighted by Crippen LogP contribution is -2.28. The molecule has 0 bridgehead atoms. The van der Waals surface area contributed by atoms with Gasteiger partial charge in [-0.05, 0) is 31.5 Å². The van der Waals surface area contributed by atoms with Crippen LogP contribution in [-0.4, -0.2) is 21.1 Å². The van der Waals surface area contributed by atoms with E-state index in [9.17, 15) is 4.79 Å². The van der Waals surface area contributed by atoms with Crippen LogP contribution >= 0.6 is 15.9 Å². The minimum atomic E-state index is -0.210. The van der Waals surface area contributed by atoms with Gasteiger partial charge in [-0.25, -0.2) is 4.98 Å². The summed E-state index contributed by atoms with van der Waals surface area (Å²) in [6.07, 6.45) is 1.42. The molecule has 0 radical (unpaired) electrons. The molecule has 94 valence electrons. The second-order valence-electron chi connectivity index (χ2n) is 3.98. The normalized spacial score (nSPS) is 12.2. The molecule has 1 aromatic carbocycles. The van der Waals surface area contributed by atoms with Crippen LogP contribution in [0.25, 0.3) is 0 Å². The number of nitrogens with one attached hydrogen (secondary N) is 2. The molecule has 2 N–H and O–H groups in total. The van der Waals surface area contributed by atoms with Crippen molar-refractivity contribution < 1.29 is 4.79 Å². The highest BCUT2D eigenvalue weighted by atomic mass is 79.9. The molecular weight excluding hydrogens is 296 g/mol. The molecule has 0 saturated heterocycles. The van der Waals surface area contributed by atoms with E-state index in [2.05, 4.69) is 36.4 Å². The lowest BCUT2D eigenvalue weighted by atomic mass is 10.1. The molecule has 1 heterocycles. The molecule has 0 spiro atoms. The summed E-state index contributed by atoms with van der Waals surface area (Å²) in [4.78, 5) is 16.1. The summed E-state index contributed by atoms with van der Waals surface area (Å²) in [7, 11) is 0. The Bertz CT molecular complexity index is 553. The van der Waals surface area contributed by atoms with Gasteiger partial charge in [0.05, 0.1) is 6.04 Å². The van der Waals surface area contributed by atoms with E-state index in [-0.39, 0.29) is 11.9 Å². The topological polar surface area (TPSA) is 70.7 Å². The van der Waals surface area contributed by atoms with E-state index >= 15 is 0 Å². The van der Waals surface area contributed by atoms with Gasteiger partial charge in [-0.15, -0.1) is 0 Å². The number of carbonyl (C=O) groups is 1. The van der Waals surface area contributed by atoms with Gasteiger partial charge in [0.25, 0.3) is 5.91 Å². The minimum absolute atomic E-state index is 0.127. The minimum Gasteiger partial charge on any atom is -0.342 e. The average Bonchev–Trinajstić information content (AvgIpc) is 2.86. The SMILES string of the molecule is Cc1c(Br)cccc1C(=O)NC(C)c1ncn[nH]1. The molecule has 5 nitrogen and oxygen atoms in total. The summed E-state index contributed by atoms with van der Waals surface area (Å²) in [6, 6.07) is 5.33. The van der Waals surface area contributed by atoms with Gasteiger partial charge in [0.15, 0.2) is 0 Å². The summed E-state index contributed by atoms with van der Waals surface area (Å²) in [6.45, 7) is 3.75. The second kappa shape index (κ2) is 5.30. The zero-order valence-electron chi connectivity index (χ0n) is 10.1. The Kier molecular flexibility index (Phi) is 3.76. The Labute approximate surface area is 113 Å². The summed E-state index contributed by atoms with van der Waals surface area (Å²) in [5, 5.41) is 9.37. The van der Waals surface area contributed by atoms with Crippen molar-refractivity contribution in [1.29, 1.82) is 0 Å². The van der Waals surface area contributed by atoms with E-state index in [1.165, 1.54) is 6.33 Å². The molecule has 0 fully saturated rings. The molecule has 1 aromatic heterocycles. The number of hydrogen-bond donors (Lipinski definition) is 2. The molecule has 0 aliphatic rings. The number of rotatable bonds is 3. The van der Waals surface area contributed by atoms with Crippen molar-refractivity contribution in [3.8, 4) is 0 Å². The Hall–Kier alpha value is -1.69. The van der Waals surface area contributed by atoms with Crippen molar-refractivity contribution in [2.45, 2.75) is 19.9 Å². The fourth-order valence-electron chi connectivity index (χ4n) is 1.62. The molecule has 1 atom stereocenters. The molecule has 1 amide bonds. The number of carbonyl (C=O) groups excluding carboxylic acids is 1. The van der Waals surface area contributed by atoms with E-state index in [4.69, 9.17) is 0 Å². The predicted molar refractivity (Wildman–Crippen MR) is 71.1 cm³/mol. The van der Waals surface area contributed by atoms with Crippen molar-refractivity contribution in [1.82, 2.24) is 20.5 Å². The maximum Gasteiger partial charge on any atom is 0.252 e. The summed E-state index contributed by atoms with van der Waals surface area (Å²) >= 11 is 3.41. The first kappa shape index (κ1) is 12.8. The molecule has 6 heteroatoms. The van der Waals surface area contributed by atoms with Crippen LogP contribution in [0, 0.1) is 6.92 Å². The number of aromatic amines is 1. The van der Waals surface area contributed by atoms with Gasteiger partial charge in [-0.2, -0.15) is 5.10 Å². The molecule has 2 aromatic rings. The van der Waals surface area contributed by atoms with Crippen LogP contribution in [0.2, 0.25) is 0 Å². The zero-order valence-corrected chi connectivity index (χ0v) is 11.7. The van der Waals surface area contributed by atoms with Crippen molar-refractivity contribution in [2.24, 2.45) is 0 Å². The van der Waals surface area contributed by atoms with Crippen molar-refractivity contribution in [3.63, 3.8) is 0 Å². The van der Waals surface area contributed by atoms with E-state index in [0.717, 1.165) is 10.0 Å². The molecular formula is C12H13BrN4O. The molecule has 18 heavy (non-hydrogen) atoms. The summed E-state index contributed by atoms with van der Waals surface area (Å²) < 4.78 is 0.919. The van der Waals surface area contributed by atoms with Gasteiger partial charge in [0.1, 0.15) is 12.2 Å². The highest BCUT2D eigenvalue weighted by molar-refractivity contribution is 9.10. The number of aromatic nitrogens is 3. The first-order valence-corrected chi connectivity index (χ1v) is 6.30. The highest BCUT2D eigenvalue weighted by Gasteiger charge is 2.15. The van der Waals surface area contributed by atoms with Crippen LogP contribution in [0.15, 0.2) is 29.0 Å². The maximum absolute atomic E-state index is 12.1. The number of amides is 1. The van der Waals surface area contributed by atoms with Crippen LogP contribution in [-0.2, 0) is 0 Å². The number of H-pyrrole nitrogens is 1. The van der Waals surface area contributed by atoms with Gasteiger partial charge in [-0.3, -0.25) is 9.89 Å².